The number of aliphatic hydroxyl groups excluding tert-OH is 1. The highest BCUT2D eigenvalue weighted by atomic mass is 32.2. The first-order valence-corrected chi connectivity index (χ1v) is 16.8. The lowest BCUT2D eigenvalue weighted by molar-refractivity contribution is -0.0172. The van der Waals surface area contributed by atoms with Crippen LogP contribution in [0.25, 0.3) is 0 Å². The Morgan fingerprint density at radius 1 is 1.09 bits per heavy atom. The molecule has 4 rings (SSSR count). The molecule has 9 nitrogen and oxygen atoms in total. The standard InChI is InChI=1S/C32H46FN3O6S/c1-22-18-36(23(2)21-37)32(38)29-17-27(34-43(39,40)28-13-10-26(33)11-14-28)12-15-30(29)42-24(3)7-5-6-16-41-31(22)20-35(4)19-25-8-9-25/h10-15,17,22-25,31,34,37H,5-9,16,18-21H2,1-4H3/t22-,23-,24-,31+/m0/s1. The van der Waals surface area contributed by atoms with Crippen molar-refractivity contribution in [3.05, 3.63) is 53.8 Å². The predicted octanol–water partition coefficient (Wildman–Crippen LogP) is 4.76. The minimum atomic E-state index is -4.04. The zero-order chi connectivity index (χ0) is 31.1. The molecule has 1 heterocycles. The van der Waals surface area contributed by atoms with E-state index in [1.54, 1.807) is 24.0 Å². The van der Waals surface area contributed by atoms with E-state index in [4.69, 9.17) is 9.47 Å². The van der Waals surface area contributed by atoms with Crippen molar-refractivity contribution in [1.29, 1.82) is 0 Å². The lowest BCUT2D eigenvalue weighted by Gasteiger charge is -2.36. The molecule has 43 heavy (non-hydrogen) atoms. The van der Waals surface area contributed by atoms with Gasteiger partial charge in [-0.2, -0.15) is 0 Å². The SMILES string of the molecule is C[C@H]1CCCCO[C@H](CN(C)CC2CC2)[C@@H](C)CN([C@@H](C)CO)C(=O)c2cc(NS(=O)(=O)c3ccc(F)cc3)ccc2O1. The van der Waals surface area contributed by atoms with E-state index in [9.17, 15) is 22.7 Å². The third kappa shape index (κ3) is 9.38. The summed E-state index contributed by atoms with van der Waals surface area (Å²) < 4.78 is 54.6. The minimum Gasteiger partial charge on any atom is -0.490 e. The average Bonchev–Trinajstić information content (AvgIpc) is 3.78. The second-order valence-electron chi connectivity index (χ2n) is 12.2. The molecule has 2 N–H and O–H groups in total. The number of hydrogen-bond acceptors (Lipinski definition) is 7. The van der Waals surface area contributed by atoms with E-state index < -0.39 is 21.9 Å². The summed E-state index contributed by atoms with van der Waals surface area (Å²) in [4.78, 5) is 18.1. The molecular formula is C32H46FN3O6S. The molecule has 0 radical (unpaired) electrons. The largest absolute Gasteiger partial charge is 0.490 e. The average molecular weight is 620 g/mol. The summed E-state index contributed by atoms with van der Waals surface area (Å²) in [5.74, 6) is 0.140. The van der Waals surface area contributed by atoms with Crippen molar-refractivity contribution in [2.75, 3.05) is 44.6 Å². The molecule has 1 aliphatic carbocycles. The number of rotatable bonds is 9. The van der Waals surface area contributed by atoms with Crippen molar-refractivity contribution in [1.82, 2.24) is 9.80 Å². The topological polar surface area (TPSA) is 108 Å². The Balaban J connectivity index is 1.65. The molecule has 0 bridgehead atoms. The van der Waals surface area contributed by atoms with E-state index in [0.717, 1.165) is 50.4 Å². The summed E-state index contributed by atoms with van der Waals surface area (Å²) in [5, 5.41) is 10.1. The monoisotopic (exact) mass is 619 g/mol. The van der Waals surface area contributed by atoms with Gasteiger partial charge < -0.3 is 24.4 Å². The fraction of sp³-hybridized carbons (Fsp3) is 0.594. The number of nitrogens with one attached hydrogen (secondary N) is 1. The van der Waals surface area contributed by atoms with Crippen LogP contribution in [-0.2, 0) is 14.8 Å². The molecule has 11 heteroatoms. The number of hydrogen-bond donors (Lipinski definition) is 2. The van der Waals surface area contributed by atoms with Gasteiger partial charge in [-0.05, 0) is 101 Å². The molecule has 1 fully saturated rings. The Morgan fingerprint density at radius 2 is 1.81 bits per heavy atom. The molecule has 0 saturated heterocycles. The highest BCUT2D eigenvalue weighted by Gasteiger charge is 2.31. The van der Waals surface area contributed by atoms with Gasteiger partial charge >= 0.3 is 0 Å². The number of likely N-dealkylation sites (N-methyl/N-ethyl adjacent to an activating group) is 1. The second-order valence-corrected chi connectivity index (χ2v) is 13.9. The summed E-state index contributed by atoms with van der Waals surface area (Å²) >= 11 is 0. The van der Waals surface area contributed by atoms with Gasteiger partial charge in [0.05, 0.1) is 35.3 Å². The zero-order valence-corrected chi connectivity index (χ0v) is 26.5. The maximum absolute atomic E-state index is 14.2. The summed E-state index contributed by atoms with van der Waals surface area (Å²) in [6, 6.07) is 8.62. The van der Waals surface area contributed by atoms with Crippen LogP contribution in [0.4, 0.5) is 10.1 Å². The fourth-order valence-electron chi connectivity index (χ4n) is 5.40. The highest BCUT2D eigenvalue weighted by Crippen LogP contribution is 2.31. The van der Waals surface area contributed by atoms with Crippen molar-refractivity contribution < 1.29 is 32.2 Å². The number of fused-ring (bicyclic) bond motifs is 1. The van der Waals surface area contributed by atoms with Crippen molar-refractivity contribution in [3.8, 4) is 5.75 Å². The fourth-order valence-corrected chi connectivity index (χ4v) is 6.45. The smallest absolute Gasteiger partial charge is 0.261 e. The summed E-state index contributed by atoms with van der Waals surface area (Å²) in [6.07, 6.45) is 4.78. The molecule has 1 saturated carbocycles. The number of benzene rings is 2. The number of nitrogens with zero attached hydrogens (tertiary/aromatic N) is 2. The summed E-state index contributed by atoms with van der Waals surface area (Å²) in [5.41, 5.74) is 0.361. The lowest BCUT2D eigenvalue weighted by Crippen LogP contribution is -2.47. The van der Waals surface area contributed by atoms with Gasteiger partial charge in [0.15, 0.2) is 0 Å². The molecule has 2 aromatic rings. The van der Waals surface area contributed by atoms with E-state index in [1.807, 2.05) is 6.92 Å². The Bertz CT molecular complexity index is 1320. The molecule has 0 aromatic heterocycles. The van der Waals surface area contributed by atoms with Gasteiger partial charge in [-0.1, -0.05) is 6.92 Å². The van der Waals surface area contributed by atoms with E-state index in [0.29, 0.717) is 18.9 Å². The third-order valence-corrected chi connectivity index (χ3v) is 9.58. The van der Waals surface area contributed by atoms with Gasteiger partial charge in [0.2, 0.25) is 0 Å². The second kappa shape index (κ2) is 14.8. The number of carbonyl (C=O) groups is 1. The predicted molar refractivity (Wildman–Crippen MR) is 164 cm³/mol. The Labute approximate surface area is 255 Å². The van der Waals surface area contributed by atoms with Crippen LogP contribution in [0, 0.1) is 17.7 Å². The minimum absolute atomic E-state index is 0.0361. The number of aliphatic hydroxyl groups is 1. The third-order valence-electron chi connectivity index (χ3n) is 8.19. The van der Waals surface area contributed by atoms with Crippen molar-refractivity contribution in [3.63, 3.8) is 0 Å². The molecule has 4 atom stereocenters. The van der Waals surface area contributed by atoms with Crippen LogP contribution in [0.15, 0.2) is 47.4 Å². The van der Waals surface area contributed by atoms with Crippen LogP contribution in [0.2, 0.25) is 0 Å². The maximum atomic E-state index is 14.2. The number of halogens is 1. The van der Waals surface area contributed by atoms with Gasteiger partial charge in [0, 0.05) is 37.8 Å². The Morgan fingerprint density at radius 3 is 2.49 bits per heavy atom. The van der Waals surface area contributed by atoms with E-state index in [1.165, 1.54) is 31.0 Å². The number of ether oxygens (including phenoxy) is 2. The molecule has 0 spiro atoms. The van der Waals surface area contributed by atoms with Crippen molar-refractivity contribution in [2.45, 2.75) is 76.0 Å². The molecule has 2 aliphatic rings. The van der Waals surface area contributed by atoms with Gasteiger partial charge in [0.1, 0.15) is 11.6 Å². The van der Waals surface area contributed by atoms with Gasteiger partial charge in [0.25, 0.3) is 15.9 Å². The normalized spacial score (nSPS) is 23.3. The Hall–Kier alpha value is -2.73. The van der Waals surface area contributed by atoms with Crippen LogP contribution in [0.5, 0.6) is 5.75 Å². The number of carbonyl (C=O) groups excluding carboxylic acids is 1. The molecule has 1 amide bonds. The first-order valence-electron chi connectivity index (χ1n) is 15.3. The van der Waals surface area contributed by atoms with Crippen LogP contribution >= 0.6 is 0 Å². The zero-order valence-electron chi connectivity index (χ0n) is 25.7. The summed E-state index contributed by atoms with van der Waals surface area (Å²) in [6.45, 7) is 8.29. The van der Waals surface area contributed by atoms with E-state index in [-0.39, 0.29) is 46.8 Å². The van der Waals surface area contributed by atoms with Crippen LogP contribution in [0.3, 0.4) is 0 Å². The van der Waals surface area contributed by atoms with Gasteiger partial charge in [-0.25, -0.2) is 12.8 Å². The van der Waals surface area contributed by atoms with Gasteiger partial charge in [-0.3, -0.25) is 9.52 Å². The van der Waals surface area contributed by atoms with Crippen molar-refractivity contribution >= 4 is 21.6 Å². The molecule has 0 unspecified atom stereocenters. The number of amides is 1. The molecule has 2 aromatic carbocycles. The summed E-state index contributed by atoms with van der Waals surface area (Å²) in [7, 11) is -1.93. The first kappa shape index (κ1) is 33.2. The first-order chi connectivity index (χ1) is 20.5. The van der Waals surface area contributed by atoms with Crippen molar-refractivity contribution in [2.24, 2.45) is 11.8 Å². The van der Waals surface area contributed by atoms with Gasteiger partial charge in [-0.15, -0.1) is 0 Å². The lowest BCUT2D eigenvalue weighted by atomic mass is 10.0. The Kier molecular flexibility index (Phi) is 11.4. The number of sulfonamides is 1. The maximum Gasteiger partial charge on any atom is 0.261 e. The van der Waals surface area contributed by atoms with Crippen LogP contribution in [-0.4, -0.2) is 87.4 Å². The molecule has 238 valence electrons. The molecule has 1 aliphatic heterocycles. The van der Waals surface area contributed by atoms with Crippen LogP contribution < -0.4 is 9.46 Å². The van der Waals surface area contributed by atoms with E-state index in [2.05, 4.69) is 23.6 Å². The quantitative estimate of drug-likeness (QED) is 0.417. The van der Waals surface area contributed by atoms with E-state index >= 15 is 0 Å². The highest BCUT2D eigenvalue weighted by molar-refractivity contribution is 7.92. The van der Waals surface area contributed by atoms with Crippen LogP contribution in [0.1, 0.15) is 63.2 Å². The molecular weight excluding hydrogens is 573 g/mol. The number of anilines is 1.